The molecular weight excluding hydrogens is 661 g/mol. The highest BCUT2D eigenvalue weighted by atomic mass is 16.3. The van der Waals surface area contributed by atoms with Crippen LogP contribution in [0.4, 0.5) is 5.69 Å². The van der Waals surface area contributed by atoms with E-state index in [1.165, 1.54) is 38.2 Å². The third-order valence-corrected chi connectivity index (χ3v) is 11.5. The van der Waals surface area contributed by atoms with Gasteiger partial charge in [-0.1, -0.05) is 115 Å². The van der Waals surface area contributed by atoms with E-state index in [4.69, 9.17) is 9.41 Å². The zero-order valence-corrected chi connectivity index (χ0v) is 29.4. The highest BCUT2D eigenvalue weighted by Crippen LogP contribution is 2.46. The van der Waals surface area contributed by atoms with E-state index in [-0.39, 0.29) is 6.04 Å². The number of para-hydroxylation sites is 3. The Morgan fingerprint density at radius 3 is 2.04 bits per heavy atom. The van der Waals surface area contributed by atoms with Crippen LogP contribution in [0.2, 0.25) is 0 Å². The van der Waals surface area contributed by atoms with Crippen molar-refractivity contribution in [3.63, 3.8) is 0 Å². The number of furan rings is 1. The summed E-state index contributed by atoms with van der Waals surface area (Å²) < 4.78 is 11.6. The van der Waals surface area contributed by atoms with Crippen LogP contribution in [0.5, 0.6) is 0 Å². The Bertz CT molecular complexity index is 3350. The van der Waals surface area contributed by atoms with Gasteiger partial charge >= 0.3 is 0 Å². The average Bonchev–Trinajstić information content (AvgIpc) is 3.87. The van der Waals surface area contributed by atoms with Crippen LogP contribution in [0.1, 0.15) is 17.2 Å². The first-order valence-corrected chi connectivity index (χ1v) is 18.5. The smallest absolute Gasteiger partial charge is 0.211 e. The molecule has 1 aliphatic rings. The number of benzene rings is 8. The molecule has 4 heterocycles. The number of nitrogens with zero attached hydrogens (tertiary/aromatic N) is 4. The molecule has 254 valence electrons. The van der Waals surface area contributed by atoms with Crippen LogP contribution in [0.15, 0.2) is 179 Å². The van der Waals surface area contributed by atoms with E-state index in [9.17, 15) is 0 Å². The van der Waals surface area contributed by atoms with Crippen molar-refractivity contribution >= 4 is 88.0 Å². The molecule has 1 atom stereocenters. The number of aromatic nitrogens is 2. The maximum absolute atomic E-state index is 6.82. The number of hydrogen-bond acceptors (Lipinski definition) is 3. The Labute approximate surface area is 310 Å². The average molecular weight is 693 g/mol. The third kappa shape index (κ3) is 3.95. The van der Waals surface area contributed by atoms with Crippen LogP contribution in [0, 0.1) is 0 Å². The maximum atomic E-state index is 6.82. The van der Waals surface area contributed by atoms with Crippen molar-refractivity contribution in [1.29, 1.82) is 0 Å². The number of aliphatic imine (C=N–C) groups is 1. The maximum Gasteiger partial charge on any atom is 0.211 e. The van der Waals surface area contributed by atoms with Crippen molar-refractivity contribution in [3.05, 3.63) is 181 Å². The van der Waals surface area contributed by atoms with Crippen LogP contribution < -0.4 is 0 Å². The third-order valence-electron chi connectivity index (χ3n) is 11.5. The Morgan fingerprint density at radius 2 is 1.17 bits per heavy atom. The second-order valence-electron chi connectivity index (χ2n) is 14.4. The molecule has 3 aromatic heterocycles. The van der Waals surface area contributed by atoms with Crippen molar-refractivity contribution in [2.45, 2.75) is 6.04 Å². The molecular formula is C49H32N4O. The van der Waals surface area contributed by atoms with E-state index in [2.05, 4.69) is 185 Å². The molecule has 0 saturated carbocycles. The lowest BCUT2D eigenvalue weighted by atomic mass is 9.95. The van der Waals surface area contributed by atoms with Gasteiger partial charge in [-0.05, 0) is 70.9 Å². The van der Waals surface area contributed by atoms with Gasteiger partial charge in [0, 0.05) is 45.2 Å². The first-order chi connectivity index (χ1) is 26.7. The lowest BCUT2D eigenvalue weighted by molar-refractivity contribution is 0.410. The van der Waals surface area contributed by atoms with Crippen molar-refractivity contribution in [2.75, 3.05) is 7.05 Å². The minimum absolute atomic E-state index is 0.0248. The molecule has 5 nitrogen and oxygen atoms in total. The van der Waals surface area contributed by atoms with E-state index in [0.29, 0.717) is 0 Å². The van der Waals surface area contributed by atoms with Crippen molar-refractivity contribution in [1.82, 2.24) is 14.0 Å². The standard InChI is InChI=1S/C49H32N4O/c1-51-47(31-15-4-2-5-16-31)36-21-10-12-22-39(36)50-49(51)53-41-27-25-35-34-20-11-13-23-44(34)54-48(35)46(41)38-28-37-42(29-43(38)53)52(32-17-6-3-7-18-32)40-26-24-30-14-8-9-19-33(30)45(37)40/h2-29,47H,1H3. The second-order valence-corrected chi connectivity index (χ2v) is 14.4. The van der Waals surface area contributed by atoms with Gasteiger partial charge in [0.05, 0.1) is 39.2 Å². The monoisotopic (exact) mass is 692 g/mol. The van der Waals surface area contributed by atoms with Crippen molar-refractivity contribution < 1.29 is 4.42 Å². The molecule has 1 aliphatic heterocycles. The largest absolute Gasteiger partial charge is 0.455 e. The molecule has 0 radical (unpaired) electrons. The normalized spacial score (nSPS) is 14.6. The van der Waals surface area contributed by atoms with E-state index >= 15 is 0 Å². The topological polar surface area (TPSA) is 38.6 Å². The first kappa shape index (κ1) is 29.5. The van der Waals surface area contributed by atoms with Gasteiger partial charge in [0.2, 0.25) is 5.96 Å². The van der Waals surface area contributed by atoms with E-state index in [1.54, 1.807) is 0 Å². The molecule has 11 aromatic rings. The molecule has 8 aromatic carbocycles. The molecule has 0 fully saturated rings. The highest BCUT2D eigenvalue weighted by molar-refractivity contribution is 6.30. The zero-order valence-electron chi connectivity index (χ0n) is 29.4. The number of rotatable bonds is 2. The van der Waals surface area contributed by atoms with Crippen LogP contribution in [-0.2, 0) is 0 Å². The molecule has 12 rings (SSSR count). The van der Waals surface area contributed by atoms with Gasteiger partial charge in [-0.15, -0.1) is 0 Å². The highest BCUT2D eigenvalue weighted by Gasteiger charge is 2.32. The zero-order chi connectivity index (χ0) is 35.5. The minimum atomic E-state index is -0.0248. The minimum Gasteiger partial charge on any atom is -0.455 e. The summed E-state index contributed by atoms with van der Waals surface area (Å²) in [6.07, 6.45) is 0. The lowest BCUT2D eigenvalue weighted by Crippen LogP contribution is -2.38. The van der Waals surface area contributed by atoms with Gasteiger partial charge in [-0.2, -0.15) is 0 Å². The fourth-order valence-corrected chi connectivity index (χ4v) is 9.21. The molecule has 0 saturated heterocycles. The molecule has 0 amide bonds. The SMILES string of the molecule is CN1C(n2c3cc4c(cc3c3c5oc6ccccc6c5ccc32)c2c3ccccc3ccc2n4-c2ccccc2)=Nc2ccccc2C1c1ccccc1. The summed E-state index contributed by atoms with van der Waals surface area (Å²) in [5.74, 6) is 0.866. The molecule has 54 heavy (non-hydrogen) atoms. The number of fused-ring (bicyclic) bond motifs is 13. The predicted molar refractivity (Wildman–Crippen MR) is 224 cm³/mol. The summed E-state index contributed by atoms with van der Waals surface area (Å²) in [5.41, 5.74) is 10.7. The molecule has 0 aliphatic carbocycles. The van der Waals surface area contributed by atoms with Gasteiger partial charge in [-0.3, -0.25) is 4.57 Å². The summed E-state index contributed by atoms with van der Waals surface area (Å²) in [4.78, 5) is 7.82. The molecule has 1 unspecified atom stereocenters. The summed E-state index contributed by atoms with van der Waals surface area (Å²) in [7, 11) is 2.18. The Hall–Kier alpha value is -7.11. The number of hydrogen-bond donors (Lipinski definition) is 0. The summed E-state index contributed by atoms with van der Waals surface area (Å²) in [6.45, 7) is 0. The lowest BCUT2D eigenvalue weighted by Gasteiger charge is -2.36. The Kier molecular flexibility index (Phi) is 5.98. The molecule has 5 heteroatoms. The fraction of sp³-hybridized carbons (Fsp3) is 0.0408. The summed E-state index contributed by atoms with van der Waals surface area (Å²) in [6, 6.07) is 60.9. The van der Waals surface area contributed by atoms with Crippen molar-refractivity contribution in [2.24, 2.45) is 4.99 Å². The van der Waals surface area contributed by atoms with Crippen LogP contribution in [-0.4, -0.2) is 27.0 Å². The van der Waals surface area contributed by atoms with Crippen LogP contribution in [0.25, 0.3) is 82.0 Å². The fourth-order valence-electron chi connectivity index (χ4n) is 9.21. The Balaban J connectivity index is 1.27. The Morgan fingerprint density at radius 1 is 0.500 bits per heavy atom. The van der Waals surface area contributed by atoms with E-state index < -0.39 is 0 Å². The van der Waals surface area contributed by atoms with E-state index in [1.807, 2.05) is 6.07 Å². The molecule has 0 bridgehead atoms. The van der Waals surface area contributed by atoms with Gasteiger partial charge in [0.25, 0.3) is 0 Å². The predicted octanol–water partition coefficient (Wildman–Crippen LogP) is 12.5. The van der Waals surface area contributed by atoms with Gasteiger partial charge < -0.3 is 13.9 Å². The van der Waals surface area contributed by atoms with Gasteiger partial charge in [-0.25, -0.2) is 4.99 Å². The summed E-state index contributed by atoms with van der Waals surface area (Å²) >= 11 is 0. The summed E-state index contributed by atoms with van der Waals surface area (Å²) in [5, 5.41) is 9.37. The van der Waals surface area contributed by atoms with E-state index in [0.717, 1.165) is 66.6 Å². The van der Waals surface area contributed by atoms with Crippen LogP contribution >= 0.6 is 0 Å². The van der Waals surface area contributed by atoms with Gasteiger partial charge in [0.1, 0.15) is 11.2 Å². The second kappa shape index (κ2) is 11.0. The first-order valence-electron chi connectivity index (χ1n) is 18.5. The molecule has 0 N–H and O–H groups in total. The molecule has 0 spiro atoms. The van der Waals surface area contributed by atoms with Gasteiger partial charge in [0.15, 0.2) is 0 Å². The van der Waals surface area contributed by atoms with Crippen molar-refractivity contribution in [3.8, 4) is 5.69 Å². The van der Waals surface area contributed by atoms with Crippen LogP contribution in [0.3, 0.4) is 0 Å². The quantitative estimate of drug-likeness (QED) is 0.181.